The highest BCUT2D eigenvalue weighted by molar-refractivity contribution is 6.01. The molecule has 0 radical (unpaired) electrons. The van der Waals surface area contributed by atoms with Gasteiger partial charge in [-0.2, -0.15) is 0 Å². The zero-order valence-electron chi connectivity index (χ0n) is 17.1. The van der Waals surface area contributed by atoms with E-state index in [1.807, 2.05) is 25.1 Å². The molecule has 1 aromatic carbocycles. The number of aryl methyl sites for hydroxylation is 2. The molecule has 0 spiro atoms. The molecule has 0 fully saturated rings. The lowest BCUT2D eigenvalue weighted by Crippen LogP contribution is -2.41. The maximum Gasteiger partial charge on any atom is 0.355 e. The number of amides is 1. The van der Waals surface area contributed by atoms with Gasteiger partial charge in [0, 0.05) is 17.3 Å². The fraction of sp³-hybridized carbons (Fsp3) is 0.409. The lowest BCUT2D eigenvalue weighted by atomic mass is 10.1. The first-order valence-corrected chi connectivity index (χ1v) is 9.46. The van der Waals surface area contributed by atoms with E-state index >= 15 is 0 Å². The lowest BCUT2D eigenvalue weighted by molar-refractivity contribution is -0.129. The topological polar surface area (TPSA) is 88.3 Å². The molecule has 28 heavy (non-hydrogen) atoms. The number of H-pyrrole nitrogens is 1. The van der Waals surface area contributed by atoms with E-state index in [4.69, 9.17) is 4.74 Å². The first-order chi connectivity index (χ1) is 13.2. The van der Waals surface area contributed by atoms with Crippen LogP contribution in [0.15, 0.2) is 30.3 Å². The number of carbonyl (C=O) groups excluding carboxylic acids is 3. The van der Waals surface area contributed by atoms with Crippen LogP contribution in [0.5, 0.6) is 0 Å². The van der Waals surface area contributed by atoms with E-state index in [0.29, 0.717) is 16.8 Å². The summed E-state index contributed by atoms with van der Waals surface area (Å²) in [6, 6.07) is 10.00. The molecule has 0 aliphatic carbocycles. The summed E-state index contributed by atoms with van der Waals surface area (Å²) in [5.41, 5.74) is 3.06. The van der Waals surface area contributed by atoms with Crippen molar-refractivity contribution < 1.29 is 19.1 Å². The number of Topliss-reactive ketones (excluding diaryl/α,β-unsaturated/α-hetero) is 1. The minimum atomic E-state index is -0.935. The Morgan fingerprint density at radius 1 is 1.11 bits per heavy atom. The third-order valence-corrected chi connectivity index (χ3v) is 4.74. The predicted octanol–water partition coefficient (Wildman–Crippen LogP) is 3.52. The lowest BCUT2D eigenvalue weighted by Gasteiger charge is -2.18. The Labute approximate surface area is 165 Å². The van der Waals surface area contributed by atoms with Gasteiger partial charge in [-0.1, -0.05) is 30.3 Å². The zero-order chi connectivity index (χ0) is 20.8. The molecule has 1 amide bonds. The van der Waals surface area contributed by atoms with Gasteiger partial charge < -0.3 is 15.0 Å². The van der Waals surface area contributed by atoms with Gasteiger partial charge in [-0.15, -0.1) is 0 Å². The standard InChI is InChI=1S/C22H28N2O4/c1-13(11-12-18-9-7-6-8-10-18)23-21(26)17(5)28-22(27)20-14(2)19(16(4)25)15(3)24-20/h6-10,13,17,24H,11-12H2,1-5H3,(H,23,26)/t13-,17-/m0/s1. The van der Waals surface area contributed by atoms with Gasteiger partial charge >= 0.3 is 5.97 Å². The number of carbonyl (C=O) groups is 3. The molecule has 0 saturated heterocycles. The van der Waals surface area contributed by atoms with Crippen molar-refractivity contribution in [2.45, 2.75) is 59.6 Å². The highest BCUT2D eigenvalue weighted by Crippen LogP contribution is 2.19. The average Bonchev–Trinajstić information content (AvgIpc) is 2.95. The van der Waals surface area contributed by atoms with Crippen LogP contribution < -0.4 is 5.32 Å². The van der Waals surface area contributed by atoms with Gasteiger partial charge in [-0.3, -0.25) is 9.59 Å². The molecule has 150 valence electrons. The molecular formula is C22H28N2O4. The molecule has 2 atom stereocenters. The van der Waals surface area contributed by atoms with E-state index in [2.05, 4.69) is 22.4 Å². The minimum Gasteiger partial charge on any atom is -0.448 e. The summed E-state index contributed by atoms with van der Waals surface area (Å²) in [6.07, 6.45) is 0.703. The molecule has 6 heteroatoms. The summed E-state index contributed by atoms with van der Waals surface area (Å²) in [6.45, 7) is 8.32. The summed E-state index contributed by atoms with van der Waals surface area (Å²) in [5, 5.41) is 2.88. The fourth-order valence-electron chi connectivity index (χ4n) is 3.22. The molecule has 0 aliphatic heterocycles. The van der Waals surface area contributed by atoms with Crippen LogP contribution in [0.1, 0.15) is 64.9 Å². The highest BCUT2D eigenvalue weighted by atomic mass is 16.5. The quantitative estimate of drug-likeness (QED) is 0.538. The Bertz CT molecular complexity index is 855. The van der Waals surface area contributed by atoms with E-state index in [1.54, 1.807) is 13.8 Å². The maximum atomic E-state index is 12.4. The van der Waals surface area contributed by atoms with Crippen molar-refractivity contribution in [3.05, 3.63) is 58.4 Å². The van der Waals surface area contributed by atoms with Crippen LogP contribution in [0.3, 0.4) is 0 Å². The van der Waals surface area contributed by atoms with Crippen molar-refractivity contribution in [1.29, 1.82) is 0 Å². The summed E-state index contributed by atoms with van der Waals surface area (Å²) < 4.78 is 5.30. The number of esters is 1. The molecular weight excluding hydrogens is 356 g/mol. The smallest absolute Gasteiger partial charge is 0.355 e. The molecule has 6 nitrogen and oxygen atoms in total. The second kappa shape index (κ2) is 9.35. The van der Waals surface area contributed by atoms with Gasteiger partial charge in [-0.25, -0.2) is 4.79 Å². The Hall–Kier alpha value is -2.89. The van der Waals surface area contributed by atoms with E-state index in [0.717, 1.165) is 12.8 Å². The second-order valence-corrected chi connectivity index (χ2v) is 7.16. The Balaban J connectivity index is 1.90. The molecule has 0 aliphatic rings. The number of nitrogens with one attached hydrogen (secondary N) is 2. The normalized spacial score (nSPS) is 12.9. The van der Waals surface area contributed by atoms with Crippen molar-refractivity contribution in [2.24, 2.45) is 0 Å². The second-order valence-electron chi connectivity index (χ2n) is 7.16. The maximum absolute atomic E-state index is 12.4. The SMILES string of the molecule is CC(=O)c1c(C)[nH]c(C(=O)O[C@@H](C)C(=O)N[C@@H](C)CCc2ccccc2)c1C. The number of rotatable bonds is 8. The first kappa shape index (κ1) is 21.4. The third-order valence-electron chi connectivity index (χ3n) is 4.74. The van der Waals surface area contributed by atoms with E-state index in [9.17, 15) is 14.4 Å². The fourth-order valence-corrected chi connectivity index (χ4v) is 3.22. The van der Waals surface area contributed by atoms with Gasteiger partial charge in [0.2, 0.25) is 0 Å². The van der Waals surface area contributed by atoms with Crippen molar-refractivity contribution in [2.75, 3.05) is 0 Å². The van der Waals surface area contributed by atoms with Crippen LogP contribution >= 0.6 is 0 Å². The number of ketones is 1. The Morgan fingerprint density at radius 3 is 2.32 bits per heavy atom. The molecule has 0 unspecified atom stereocenters. The molecule has 1 heterocycles. The number of aromatic nitrogens is 1. The molecule has 2 aromatic rings. The van der Waals surface area contributed by atoms with Crippen LogP contribution in [0.25, 0.3) is 0 Å². The monoisotopic (exact) mass is 384 g/mol. The molecule has 0 saturated carbocycles. The van der Waals surface area contributed by atoms with Gasteiger partial charge in [0.15, 0.2) is 11.9 Å². The Kier molecular flexibility index (Phi) is 7.15. The minimum absolute atomic E-state index is 0.0485. The highest BCUT2D eigenvalue weighted by Gasteiger charge is 2.25. The summed E-state index contributed by atoms with van der Waals surface area (Å²) in [4.78, 5) is 39.4. The van der Waals surface area contributed by atoms with Crippen LogP contribution in [0.4, 0.5) is 0 Å². The number of benzene rings is 1. The molecule has 2 N–H and O–H groups in total. The third kappa shape index (κ3) is 5.31. The summed E-state index contributed by atoms with van der Waals surface area (Å²) >= 11 is 0. The van der Waals surface area contributed by atoms with Crippen molar-refractivity contribution >= 4 is 17.7 Å². The average molecular weight is 384 g/mol. The van der Waals surface area contributed by atoms with Crippen molar-refractivity contribution in [1.82, 2.24) is 10.3 Å². The van der Waals surface area contributed by atoms with Crippen LogP contribution in [0.2, 0.25) is 0 Å². The van der Waals surface area contributed by atoms with E-state index in [1.165, 1.54) is 19.4 Å². The van der Waals surface area contributed by atoms with Crippen molar-refractivity contribution in [3.8, 4) is 0 Å². The van der Waals surface area contributed by atoms with Crippen LogP contribution in [0, 0.1) is 13.8 Å². The van der Waals surface area contributed by atoms with Gasteiger partial charge in [0.25, 0.3) is 5.91 Å². The van der Waals surface area contributed by atoms with E-state index in [-0.39, 0.29) is 23.4 Å². The number of hydrogen-bond donors (Lipinski definition) is 2. The zero-order valence-corrected chi connectivity index (χ0v) is 17.1. The first-order valence-electron chi connectivity index (χ1n) is 9.46. The van der Waals surface area contributed by atoms with Gasteiger partial charge in [0.1, 0.15) is 5.69 Å². The molecule has 0 bridgehead atoms. The van der Waals surface area contributed by atoms with Gasteiger partial charge in [0.05, 0.1) is 0 Å². The van der Waals surface area contributed by atoms with Crippen LogP contribution in [-0.4, -0.2) is 34.8 Å². The predicted molar refractivity (Wildman–Crippen MR) is 108 cm³/mol. The van der Waals surface area contributed by atoms with Crippen LogP contribution in [-0.2, 0) is 16.0 Å². The summed E-state index contributed by atoms with van der Waals surface area (Å²) in [7, 11) is 0. The van der Waals surface area contributed by atoms with E-state index < -0.39 is 12.1 Å². The number of aromatic amines is 1. The molecule has 2 rings (SSSR count). The van der Waals surface area contributed by atoms with Gasteiger partial charge in [-0.05, 0) is 58.6 Å². The molecule has 1 aromatic heterocycles. The Morgan fingerprint density at radius 2 is 1.75 bits per heavy atom. The number of hydrogen-bond acceptors (Lipinski definition) is 4. The number of ether oxygens (including phenoxy) is 1. The van der Waals surface area contributed by atoms with Crippen molar-refractivity contribution in [3.63, 3.8) is 0 Å². The summed E-state index contributed by atoms with van der Waals surface area (Å²) in [5.74, 6) is -1.11. The largest absolute Gasteiger partial charge is 0.448 e.